The van der Waals surface area contributed by atoms with Gasteiger partial charge in [-0.2, -0.15) is 5.26 Å². The second-order valence-corrected chi connectivity index (χ2v) is 3.67. The van der Waals surface area contributed by atoms with Crippen LogP contribution in [0.25, 0.3) is 0 Å². The van der Waals surface area contributed by atoms with E-state index in [-0.39, 0.29) is 12.4 Å². The largest absolute Gasteiger partial charge is 0.348 e. The molecular weight excluding hydrogens is 190 g/mol. The zero-order valence-corrected chi connectivity index (χ0v) is 8.64. The number of nitriles is 1. The highest BCUT2D eigenvalue weighted by molar-refractivity contribution is 5.32. The van der Waals surface area contributed by atoms with Gasteiger partial charge in [0, 0.05) is 5.56 Å². The number of hydrogen-bond acceptors (Lipinski definition) is 3. The first-order valence-electron chi connectivity index (χ1n) is 5.07. The Labute approximate surface area is 89.2 Å². The van der Waals surface area contributed by atoms with Gasteiger partial charge in [0.05, 0.1) is 24.3 Å². The first-order valence-corrected chi connectivity index (χ1v) is 5.07. The average Bonchev–Trinajstić information content (AvgIpc) is 2.29. The molecule has 1 fully saturated rings. The summed E-state index contributed by atoms with van der Waals surface area (Å²) >= 11 is 0. The van der Waals surface area contributed by atoms with E-state index in [0.29, 0.717) is 5.56 Å². The van der Waals surface area contributed by atoms with E-state index in [1.165, 1.54) is 0 Å². The molecule has 1 aliphatic rings. The monoisotopic (exact) mass is 203 g/mol. The molecular formula is C12H13NO2. The Morgan fingerprint density at radius 3 is 2.67 bits per heavy atom. The van der Waals surface area contributed by atoms with E-state index in [9.17, 15) is 0 Å². The molecule has 3 heteroatoms. The molecule has 0 radical (unpaired) electrons. The maximum Gasteiger partial charge on any atom is 0.184 e. The zero-order chi connectivity index (χ0) is 10.7. The van der Waals surface area contributed by atoms with Gasteiger partial charge in [-0.1, -0.05) is 12.1 Å². The van der Waals surface area contributed by atoms with Crippen molar-refractivity contribution >= 4 is 0 Å². The Morgan fingerprint density at radius 2 is 2.07 bits per heavy atom. The molecule has 1 aromatic rings. The number of nitrogens with zero attached hydrogens (tertiary/aromatic N) is 1. The summed E-state index contributed by atoms with van der Waals surface area (Å²) in [6.45, 7) is 2.77. The second kappa shape index (κ2) is 4.43. The maximum absolute atomic E-state index is 8.67. The van der Waals surface area contributed by atoms with Gasteiger partial charge in [-0.25, -0.2) is 0 Å². The summed E-state index contributed by atoms with van der Waals surface area (Å²) in [5.41, 5.74) is 1.63. The van der Waals surface area contributed by atoms with Gasteiger partial charge in [0.2, 0.25) is 0 Å². The number of benzene rings is 1. The molecule has 1 heterocycles. The molecule has 78 valence electrons. The van der Waals surface area contributed by atoms with Crippen molar-refractivity contribution in [3.63, 3.8) is 0 Å². The summed E-state index contributed by atoms with van der Waals surface area (Å²) in [5, 5.41) is 8.67. The van der Waals surface area contributed by atoms with Gasteiger partial charge in [0.15, 0.2) is 6.29 Å². The van der Waals surface area contributed by atoms with Crippen molar-refractivity contribution in [2.75, 3.05) is 6.61 Å². The first kappa shape index (κ1) is 10.2. The zero-order valence-electron chi connectivity index (χ0n) is 8.64. The van der Waals surface area contributed by atoms with Crippen molar-refractivity contribution in [3.8, 4) is 6.07 Å². The highest BCUT2D eigenvalue weighted by atomic mass is 16.7. The SMILES string of the molecule is CC1CCOC(c2ccc(C#N)cc2)O1. The third-order valence-electron chi connectivity index (χ3n) is 2.46. The third-order valence-corrected chi connectivity index (χ3v) is 2.46. The van der Waals surface area contributed by atoms with Crippen LogP contribution in [0.4, 0.5) is 0 Å². The van der Waals surface area contributed by atoms with Gasteiger partial charge in [-0.15, -0.1) is 0 Å². The van der Waals surface area contributed by atoms with E-state index >= 15 is 0 Å². The third kappa shape index (κ3) is 2.35. The molecule has 0 amide bonds. The van der Waals surface area contributed by atoms with Crippen LogP contribution in [-0.2, 0) is 9.47 Å². The Balaban J connectivity index is 2.12. The van der Waals surface area contributed by atoms with Crippen LogP contribution in [-0.4, -0.2) is 12.7 Å². The molecule has 2 rings (SSSR count). The molecule has 2 unspecified atom stereocenters. The number of ether oxygens (including phenoxy) is 2. The fraction of sp³-hybridized carbons (Fsp3) is 0.417. The van der Waals surface area contributed by atoms with Crippen LogP contribution in [0.2, 0.25) is 0 Å². The lowest BCUT2D eigenvalue weighted by molar-refractivity contribution is -0.212. The normalized spacial score (nSPS) is 25.9. The summed E-state index contributed by atoms with van der Waals surface area (Å²) < 4.78 is 11.1. The quantitative estimate of drug-likeness (QED) is 0.703. The molecule has 0 saturated carbocycles. The predicted octanol–water partition coefficient (Wildman–Crippen LogP) is 2.38. The van der Waals surface area contributed by atoms with Crippen molar-refractivity contribution in [2.45, 2.75) is 25.7 Å². The Kier molecular flexibility index (Phi) is 3.00. The number of hydrogen-bond donors (Lipinski definition) is 0. The van der Waals surface area contributed by atoms with Gasteiger partial charge in [-0.05, 0) is 25.5 Å². The topological polar surface area (TPSA) is 42.2 Å². The lowest BCUT2D eigenvalue weighted by atomic mass is 10.1. The fourth-order valence-electron chi connectivity index (χ4n) is 1.55. The van der Waals surface area contributed by atoms with Gasteiger partial charge < -0.3 is 9.47 Å². The number of rotatable bonds is 1. The molecule has 2 atom stereocenters. The summed E-state index contributed by atoms with van der Waals surface area (Å²) in [4.78, 5) is 0. The van der Waals surface area contributed by atoms with Gasteiger partial charge in [0.1, 0.15) is 0 Å². The smallest absolute Gasteiger partial charge is 0.184 e. The first-order chi connectivity index (χ1) is 7.29. The Hall–Kier alpha value is -1.37. The highest BCUT2D eigenvalue weighted by Gasteiger charge is 2.20. The molecule has 1 aromatic carbocycles. The van der Waals surface area contributed by atoms with Gasteiger partial charge >= 0.3 is 0 Å². The summed E-state index contributed by atoms with van der Waals surface area (Å²) in [5.74, 6) is 0. The van der Waals surface area contributed by atoms with Crippen molar-refractivity contribution in [1.82, 2.24) is 0 Å². The standard InChI is InChI=1S/C12H13NO2/c1-9-6-7-14-12(15-9)11-4-2-10(8-13)3-5-11/h2-5,9,12H,6-7H2,1H3. The van der Waals surface area contributed by atoms with Gasteiger partial charge in [-0.3, -0.25) is 0 Å². The summed E-state index contributed by atoms with van der Waals surface area (Å²) in [6, 6.07) is 9.39. The van der Waals surface area contributed by atoms with Crippen molar-refractivity contribution in [2.24, 2.45) is 0 Å². The van der Waals surface area contributed by atoms with Gasteiger partial charge in [0.25, 0.3) is 0 Å². The molecule has 0 N–H and O–H groups in total. The van der Waals surface area contributed by atoms with Crippen LogP contribution < -0.4 is 0 Å². The lowest BCUT2D eigenvalue weighted by Crippen LogP contribution is -2.24. The van der Waals surface area contributed by atoms with Crippen LogP contribution in [0.15, 0.2) is 24.3 Å². The highest BCUT2D eigenvalue weighted by Crippen LogP contribution is 2.25. The summed E-state index contributed by atoms with van der Waals surface area (Å²) in [6.07, 6.45) is 0.896. The van der Waals surface area contributed by atoms with Crippen LogP contribution in [0.1, 0.15) is 30.8 Å². The van der Waals surface area contributed by atoms with Crippen LogP contribution >= 0.6 is 0 Å². The van der Waals surface area contributed by atoms with Crippen LogP contribution in [0, 0.1) is 11.3 Å². The fourth-order valence-corrected chi connectivity index (χ4v) is 1.55. The van der Waals surface area contributed by atoms with Crippen molar-refractivity contribution in [3.05, 3.63) is 35.4 Å². The van der Waals surface area contributed by atoms with E-state index in [1.807, 2.05) is 19.1 Å². The minimum atomic E-state index is -0.276. The molecule has 0 aliphatic carbocycles. The predicted molar refractivity (Wildman–Crippen MR) is 55.0 cm³/mol. The van der Waals surface area contributed by atoms with E-state index in [1.54, 1.807) is 12.1 Å². The van der Waals surface area contributed by atoms with Crippen LogP contribution in [0.5, 0.6) is 0 Å². The molecule has 15 heavy (non-hydrogen) atoms. The van der Waals surface area contributed by atoms with E-state index in [0.717, 1.165) is 18.6 Å². The maximum atomic E-state index is 8.67. The Bertz CT molecular complexity index is 366. The summed E-state index contributed by atoms with van der Waals surface area (Å²) in [7, 11) is 0. The average molecular weight is 203 g/mol. The molecule has 0 aromatic heterocycles. The Morgan fingerprint density at radius 1 is 1.33 bits per heavy atom. The molecule has 1 saturated heterocycles. The van der Waals surface area contributed by atoms with Crippen molar-refractivity contribution < 1.29 is 9.47 Å². The second-order valence-electron chi connectivity index (χ2n) is 3.67. The van der Waals surface area contributed by atoms with E-state index in [4.69, 9.17) is 14.7 Å². The van der Waals surface area contributed by atoms with Crippen LogP contribution in [0.3, 0.4) is 0 Å². The molecule has 0 spiro atoms. The van der Waals surface area contributed by atoms with Crippen molar-refractivity contribution in [1.29, 1.82) is 5.26 Å². The molecule has 1 aliphatic heterocycles. The molecule has 3 nitrogen and oxygen atoms in total. The minimum Gasteiger partial charge on any atom is -0.348 e. The minimum absolute atomic E-state index is 0.236. The van der Waals surface area contributed by atoms with E-state index in [2.05, 4.69) is 6.07 Å². The lowest BCUT2D eigenvalue weighted by Gasteiger charge is -2.28. The van der Waals surface area contributed by atoms with E-state index < -0.39 is 0 Å². The molecule has 0 bridgehead atoms.